The van der Waals surface area contributed by atoms with Crippen molar-refractivity contribution < 1.29 is 39.6 Å². The highest BCUT2D eigenvalue weighted by atomic mass is 33.1. The van der Waals surface area contributed by atoms with E-state index in [1.54, 1.807) is 0 Å². The first-order chi connectivity index (χ1) is 25.1. The normalized spacial score (nSPS) is 12.4. The number of hydrogen-bond acceptors (Lipinski definition) is 8. The molecule has 2 atom stereocenters. The van der Waals surface area contributed by atoms with Gasteiger partial charge in [0.1, 0.15) is 22.6 Å². The van der Waals surface area contributed by atoms with E-state index < -0.39 is 33.9 Å². The number of fused-ring (bicyclic) bond motifs is 2. The Morgan fingerprint density at radius 2 is 1.00 bits per heavy atom. The van der Waals surface area contributed by atoms with Gasteiger partial charge in [0.15, 0.2) is 0 Å². The van der Waals surface area contributed by atoms with Crippen LogP contribution in [0.5, 0.6) is 11.5 Å². The van der Waals surface area contributed by atoms with Gasteiger partial charge in [-0.3, -0.25) is 9.59 Å². The van der Waals surface area contributed by atoms with Gasteiger partial charge in [0, 0.05) is 47.3 Å². The van der Waals surface area contributed by atoms with Gasteiger partial charge < -0.3 is 41.0 Å². The number of amides is 2. The molecule has 0 bridgehead atoms. The number of carboxylic acid groups (broad SMARTS) is 2. The zero-order valence-corrected chi connectivity index (χ0v) is 29.1. The Morgan fingerprint density at radius 1 is 0.596 bits per heavy atom. The van der Waals surface area contributed by atoms with Crippen molar-refractivity contribution >= 4 is 67.1 Å². The second kappa shape index (κ2) is 16.0. The summed E-state index contributed by atoms with van der Waals surface area (Å²) in [6, 6.07) is 23.7. The van der Waals surface area contributed by atoms with Crippen LogP contribution >= 0.6 is 21.6 Å². The Hall–Kier alpha value is -5.86. The summed E-state index contributed by atoms with van der Waals surface area (Å²) in [4.78, 5) is 56.9. The molecule has 12 nitrogen and oxygen atoms in total. The van der Waals surface area contributed by atoms with Gasteiger partial charge >= 0.3 is 11.9 Å². The largest absolute Gasteiger partial charge is 0.507 e. The molecular weight excluding hydrogens is 705 g/mol. The smallest absolute Gasteiger partial charge is 0.339 e. The molecule has 0 fully saturated rings. The highest BCUT2D eigenvalue weighted by Gasteiger charge is 2.28. The summed E-state index contributed by atoms with van der Waals surface area (Å²) in [5.74, 6) is -3.96. The van der Waals surface area contributed by atoms with Gasteiger partial charge in [-0.05, 0) is 71.5 Å². The number of aromatic hydroxyl groups is 2. The summed E-state index contributed by atoms with van der Waals surface area (Å²) in [6.45, 7) is 0.0728. The second-order valence-electron chi connectivity index (χ2n) is 12.0. The van der Waals surface area contributed by atoms with Crippen LogP contribution in [-0.4, -0.2) is 64.6 Å². The van der Waals surface area contributed by atoms with E-state index in [2.05, 4.69) is 20.6 Å². The topological polar surface area (TPSA) is 205 Å². The number of aromatic nitrogens is 2. The fraction of sp³-hybridized carbons (Fsp3) is 0.158. The quantitative estimate of drug-likeness (QED) is 0.0578. The van der Waals surface area contributed by atoms with Gasteiger partial charge in [0.05, 0.1) is 10.5 Å². The van der Waals surface area contributed by atoms with Gasteiger partial charge in [0.25, 0.3) is 0 Å². The molecule has 0 saturated carbocycles. The predicted molar refractivity (Wildman–Crippen MR) is 201 cm³/mol. The molecule has 2 amide bonds. The van der Waals surface area contributed by atoms with E-state index in [9.17, 15) is 39.6 Å². The van der Waals surface area contributed by atoms with Crippen LogP contribution in [0.1, 0.15) is 43.0 Å². The molecule has 6 aromatic rings. The molecule has 0 radical (unpaired) electrons. The van der Waals surface area contributed by atoms with Crippen molar-refractivity contribution in [2.75, 3.05) is 0 Å². The average molecular weight is 739 g/mol. The molecule has 0 aliphatic rings. The number of para-hydroxylation sites is 2. The summed E-state index contributed by atoms with van der Waals surface area (Å²) in [7, 11) is 2.52. The van der Waals surface area contributed by atoms with Crippen molar-refractivity contribution in [3.05, 3.63) is 131 Å². The van der Waals surface area contributed by atoms with Crippen LogP contribution in [0.4, 0.5) is 0 Å². The van der Waals surface area contributed by atoms with E-state index >= 15 is 0 Å². The van der Waals surface area contributed by atoms with Crippen LogP contribution in [0.15, 0.2) is 97.3 Å². The van der Waals surface area contributed by atoms with E-state index in [0.29, 0.717) is 24.0 Å². The Labute approximate surface area is 305 Å². The minimum Gasteiger partial charge on any atom is -0.507 e. The minimum absolute atomic E-state index is 0.0364. The van der Waals surface area contributed by atoms with Crippen molar-refractivity contribution in [2.45, 2.75) is 36.4 Å². The molecule has 2 heterocycles. The van der Waals surface area contributed by atoms with Gasteiger partial charge in [-0.2, -0.15) is 0 Å². The van der Waals surface area contributed by atoms with Crippen molar-refractivity contribution in [1.82, 2.24) is 20.6 Å². The number of H-pyrrole nitrogens is 2. The van der Waals surface area contributed by atoms with Crippen LogP contribution in [-0.2, 0) is 35.5 Å². The Balaban J connectivity index is 1.23. The number of hydrogen-bond donors (Lipinski definition) is 8. The number of rotatable bonds is 15. The number of carbonyl (C=O) groups excluding carboxylic acids is 2. The lowest BCUT2D eigenvalue weighted by atomic mass is 10.1. The fourth-order valence-electron chi connectivity index (χ4n) is 5.82. The summed E-state index contributed by atoms with van der Waals surface area (Å²) in [6.07, 6.45) is 4.38. The lowest BCUT2D eigenvalue weighted by molar-refractivity contribution is -0.121. The molecule has 8 N–H and O–H groups in total. The molecule has 0 aliphatic heterocycles. The predicted octanol–water partition coefficient (Wildman–Crippen LogP) is 5.99. The monoisotopic (exact) mass is 738 g/mol. The van der Waals surface area contributed by atoms with Crippen molar-refractivity contribution in [1.29, 1.82) is 0 Å². The van der Waals surface area contributed by atoms with Crippen LogP contribution in [0, 0.1) is 0 Å². The highest BCUT2D eigenvalue weighted by Crippen LogP contribution is 2.37. The summed E-state index contributed by atoms with van der Waals surface area (Å²) in [5.41, 5.74) is 4.20. The minimum atomic E-state index is -1.26. The Bertz CT molecular complexity index is 2120. The number of aromatic carboxylic acids is 2. The molecule has 0 saturated heterocycles. The zero-order chi connectivity index (χ0) is 36.8. The van der Waals surface area contributed by atoms with Crippen LogP contribution in [0.3, 0.4) is 0 Å². The van der Waals surface area contributed by atoms with Crippen molar-refractivity contribution in [3.63, 3.8) is 0 Å². The molecule has 0 spiro atoms. The first-order valence-corrected chi connectivity index (χ1v) is 18.4. The average Bonchev–Trinajstić information content (AvgIpc) is 3.74. The maximum Gasteiger partial charge on any atom is 0.339 e. The third kappa shape index (κ3) is 8.36. The number of phenols is 2. The summed E-state index contributed by atoms with van der Waals surface area (Å²) < 4.78 is 0. The van der Waals surface area contributed by atoms with E-state index in [1.165, 1.54) is 58.0 Å². The van der Waals surface area contributed by atoms with E-state index in [0.717, 1.165) is 32.9 Å². The summed E-state index contributed by atoms with van der Waals surface area (Å²) in [5, 5.41) is 45.2. The van der Waals surface area contributed by atoms with Crippen molar-refractivity contribution in [2.24, 2.45) is 0 Å². The zero-order valence-electron chi connectivity index (χ0n) is 27.5. The number of nitrogens with one attached hydrogen (secondary N) is 4. The standard InChI is InChI=1S/C38H34N4O8S2/c43-31-13-21(9-11-27(31)37(47)48)17-41-35(45)33(15-23-19-39-29-7-3-1-5-25(23)29)51-52-34(16-24-20-40-30-8-4-2-6-26(24)30)36(46)42-18-22-10-12-28(38(49)50)32(44)14-22/h1-14,19-20,33-34,39-40,43-44H,15-18H2,(H,41,45)(H,42,46)(H,47,48)(H,49,50). The summed E-state index contributed by atoms with van der Waals surface area (Å²) >= 11 is 0. The molecule has 0 aliphatic carbocycles. The third-order valence-corrected chi connectivity index (χ3v) is 11.6. The molecule has 52 heavy (non-hydrogen) atoms. The van der Waals surface area contributed by atoms with Crippen LogP contribution in [0.2, 0.25) is 0 Å². The second-order valence-corrected chi connectivity index (χ2v) is 14.7. The number of benzene rings is 4. The lowest BCUT2D eigenvalue weighted by Gasteiger charge is -2.20. The van der Waals surface area contributed by atoms with Crippen molar-refractivity contribution in [3.8, 4) is 11.5 Å². The SMILES string of the molecule is O=C(O)c1ccc(CNC(=O)C(Cc2c[nH]c3ccccc23)SSC(Cc2c[nH]c3ccccc23)C(=O)NCc2ccc(C(=O)O)c(O)c2)cc1O. The third-order valence-electron chi connectivity index (χ3n) is 8.55. The molecule has 266 valence electrons. The van der Waals surface area contributed by atoms with Gasteiger partial charge in [-0.25, -0.2) is 9.59 Å². The first kappa shape index (κ1) is 35.9. The molecule has 4 aromatic carbocycles. The number of carboxylic acids is 2. The van der Waals surface area contributed by atoms with E-state index in [-0.39, 0.29) is 36.0 Å². The van der Waals surface area contributed by atoms with Gasteiger partial charge in [-0.15, -0.1) is 0 Å². The lowest BCUT2D eigenvalue weighted by Crippen LogP contribution is -2.35. The fourth-order valence-corrected chi connectivity index (χ4v) is 8.66. The van der Waals surface area contributed by atoms with Crippen LogP contribution in [0.25, 0.3) is 21.8 Å². The maximum absolute atomic E-state index is 13.8. The molecule has 2 aromatic heterocycles. The first-order valence-electron chi connectivity index (χ1n) is 16.1. The molecule has 2 unspecified atom stereocenters. The Kier molecular flexibility index (Phi) is 11.1. The maximum atomic E-state index is 13.8. The van der Waals surface area contributed by atoms with Gasteiger partial charge in [0.2, 0.25) is 11.8 Å². The van der Waals surface area contributed by atoms with E-state index in [1.807, 2.05) is 60.9 Å². The van der Waals surface area contributed by atoms with Gasteiger partial charge in [-0.1, -0.05) is 70.1 Å². The Morgan fingerprint density at radius 3 is 1.38 bits per heavy atom. The molecular formula is C38H34N4O8S2. The number of carbonyl (C=O) groups is 4. The van der Waals surface area contributed by atoms with Crippen LogP contribution < -0.4 is 10.6 Å². The molecule has 6 rings (SSSR count). The van der Waals surface area contributed by atoms with E-state index in [4.69, 9.17) is 0 Å². The molecule has 14 heteroatoms. The highest BCUT2D eigenvalue weighted by molar-refractivity contribution is 8.77. The number of aromatic amines is 2.